The first-order valence-electron chi connectivity index (χ1n) is 4.36. The van der Waals surface area contributed by atoms with E-state index in [1.165, 1.54) is 7.11 Å². The Morgan fingerprint density at radius 2 is 2.20 bits per heavy atom. The lowest BCUT2D eigenvalue weighted by Crippen LogP contribution is -2.00. The number of aromatic amines is 1. The lowest BCUT2D eigenvalue weighted by molar-refractivity contribution is 0.0595. The van der Waals surface area contributed by atoms with Gasteiger partial charge in [0, 0.05) is 6.07 Å². The molecule has 0 aliphatic carbocycles. The van der Waals surface area contributed by atoms with E-state index in [0.717, 1.165) is 5.52 Å². The van der Waals surface area contributed by atoms with Crippen molar-refractivity contribution in [1.29, 1.82) is 0 Å². The Kier molecular flexibility index (Phi) is 2.29. The number of pyridine rings is 1. The number of rotatable bonds is 2. The molecule has 0 aliphatic heterocycles. The van der Waals surface area contributed by atoms with E-state index in [4.69, 9.17) is 4.74 Å². The molecule has 5 nitrogen and oxygen atoms in total. The van der Waals surface area contributed by atoms with Crippen LogP contribution in [-0.4, -0.2) is 30.2 Å². The van der Waals surface area contributed by atoms with E-state index in [1.807, 2.05) is 0 Å². The van der Waals surface area contributed by atoms with Crippen molar-refractivity contribution in [3.8, 4) is 5.88 Å². The van der Waals surface area contributed by atoms with Crippen molar-refractivity contribution in [3.05, 3.63) is 23.9 Å². The maximum Gasteiger partial charge on any atom is 0.354 e. The zero-order valence-corrected chi connectivity index (χ0v) is 8.40. The summed E-state index contributed by atoms with van der Waals surface area (Å²) < 4.78 is 9.57. The molecular weight excluding hydrogens is 196 g/mol. The SMILES string of the molecule is COC(=O)c1cc2nc(OC)ccc2[nH]1. The minimum atomic E-state index is -0.410. The molecule has 5 heteroatoms. The molecule has 0 spiro atoms. The lowest BCUT2D eigenvalue weighted by atomic mass is 10.3. The first-order valence-corrected chi connectivity index (χ1v) is 4.36. The summed E-state index contributed by atoms with van der Waals surface area (Å²) in [6.45, 7) is 0. The van der Waals surface area contributed by atoms with Crippen LogP contribution in [0.25, 0.3) is 11.0 Å². The molecule has 0 radical (unpaired) electrons. The van der Waals surface area contributed by atoms with E-state index < -0.39 is 5.97 Å². The predicted molar refractivity (Wildman–Crippen MR) is 54.0 cm³/mol. The fourth-order valence-electron chi connectivity index (χ4n) is 1.32. The third-order valence-electron chi connectivity index (χ3n) is 2.06. The molecule has 15 heavy (non-hydrogen) atoms. The molecule has 0 saturated carbocycles. The van der Waals surface area contributed by atoms with Crippen LogP contribution in [0.2, 0.25) is 0 Å². The smallest absolute Gasteiger partial charge is 0.354 e. The highest BCUT2D eigenvalue weighted by molar-refractivity contribution is 5.93. The van der Waals surface area contributed by atoms with Crippen molar-refractivity contribution in [2.75, 3.05) is 14.2 Å². The molecule has 78 valence electrons. The third-order valence-corrected chi connectivity index (χ3v) is 2.06. The molecule has 2 rings (SSSR count). The number of ether oxygens (including phenoxy) is 2. The van der Waals surface area contributed by atoms with E-state index in [9.17, 15) is 4.79 Å². The summed E-state index contributed by atoms with van der Waals surface area (Å²) in [7, 11) is 2.88. The van der Waals surface area contributed by atoms with Crippen LogP contribution in [0.1, 0.15) is 10.5 Å². The predicted octanol–water partition coefficient (Wildman–Crippen LogP) is 1.36. The van der Waals surface area contributed by atoms with Gasteiger partial charge in [-0.15, -0.1) is 0 Å². The van der Waals surface area contributed by atoms with Gasteiger partial charge in [-0.2, -0.15) is 0 Å². The largest absolute Gasteiger partial charge is 0.481 e. The topological polar surface area (TPSA) is 64.2 Å². The van der Waals surface area contributed by atoms with Gasteiger partial charge in [-0.1, -0.05) is 0 Å². The Balaban J connectivity index is 2.51. The average molecular weight is 206 g/mol. The first kappa shape index (κ1) is 9.51. The number of hydrogen-bond donors (Lipinski definition) is 1. The van der Waals surface area contributed by atoms with E-state index in [-0.39, 0.29) is 0 Å². The van der Waals surface area contributed by atoms with Crippen LogP contribution >= 0.6 is 0 Å². The van der Waals surface area contributed by atoms with Crippen LogP contribution in [-0.2, 0) is 4.74 Å². The minimum absolute atomic E-state index is 0.383. The lowest BCUT2D eigenvalue weighted by Gasteiger charge is -1.96. The van der Waals surface area contributed by atoms with Gasteiger partial charge in [-0.3, -0.25) is 0 Å². The number of esters is 1. The molecule has 0 unspecified atom stereocenters. The van der Waals surface area contributed by atoms with Crippen LogP contribution in [0.5, 0.6) is 5.88 Å². The van der Waals surface area contributed by atoms with Crippen LogP contribution in [0, 0.1) is 0 Å². The van der Waals surface area contributed by atoms with Crippen LogP contribution in [0.3, 0.4) is 0 Å². The summed E-state index contributed by atoms with van der Waals surface area (Å²) in [6.07, 6.45) is 0. The van der Waals surface area contributed by atoms with E-state index in [0.29, 0.717) is 17.1 Å². The Labute approximate surface area is 86.0 Å². The molecule has 0 amide bonds. The molecule has 2 aromatic rings. The number of carbonyl (C=O) groups is 1. The maximum absolute atomic E-state index is 11.2. The molecular formula is C10H10N2O3. The maximum atomic E-state index is 11.2. The summed E-state index contributed by atoms with van der Waals surface area (Å²) >= 11 is 0. The molecule has 2 aromatic heterocycles. The van der Waals surface area contributed by atoms with Crippen molar-refractivity contribution in [3.63, 3.8) is 0 Å². The second kappa shape index (κ2) is 3.61. The van der Waals surface area contributed by atoms with Gasteiger partial charge >= 0.3 is 5.97 Å². The molecule has 0 fully saturated rings. The van der Waals surface area contributed by atoms with Crippen molar-refractivity contribution in [2.24, 2.45) is 0 Å². The fourth-order valence-corrected chi connectivity index (χ4v) is 1.32. The summed E-state index contributed by atoms with van der Waals surface area (Å²) in [5.74, 6) is 0.102. The van der Waals surface area contributed by atoms with Gasteiger partial charge in [0.1, 0.15) is 5.69 Å². The van der Waals surface area contributed by atoms with Gasteiger partial charge in [-0.05, 0) is 12.1 Å². The number of hydrogen-bond acceptors (Lipinski definition) is 4. The van der Waals surface area contributed by atoms with Gasteiger partial charge in [0.2, 0.25) is 5.88 Å². The number of methoxy groups -OCH3 is 2. The molecule has 0 saturated heterocycles. The number of H-pyrrole nitrogens is 1. The van der Waals surface area contributed by atoms with Gasteiger partial charge in [0.25, 0.3) is 0 Å². The number of aromatic nitrogens is 2. The Hall–Kier alpha value is -2.04. The number of fused-ring (bicyclic) bond motifs is 1. The molecule has 1 N–H and O–H groups in total. The summed E-state index contributed by atoms with van der Waals surface area (Å²) in [5.41, 5.74) is 1.83. The second-order valence-corrected chi connectivity index (χ2v) is 2.96. The quantitative estimate of drug-likeness (QED) is 0.753. The van der Waals surface area contributed by atoms with Gasteiger partial charge in [-0.25, -0.2) is 9.78 Å². The van der Waals surface area contributed by atoms with Crippen LogP contribution < -0.4 is 4.74 Å². The molecule has 0 bridgehead atoms. The number of carbonyl (C=O) groups excluding carboxylic acids is 1. The summed E-state index contributed by atoms with van der Waals surface area (Å²) in [5, 5.41) is 0. The summed E-state index contributed by atoms with van der Waals surface area (Å²) in [4.78, 5) is 18.3. The van der Waals surface area contributed by atoms with Crippen LogP contribution in [0.4, 0.5) is 0 Å². The Morgan fingerprint density at radius 3 is 2.87 bits per heavy atom. The molecule has 2 heterocycles. The third kappa shape index (κ3) is 1.63. The monoisotopic (exact) mass is 206 g/mol. The number of nitrogens with one attached hydrogen (secondary N) is 1. The average Bonchev–Trinajstić information content (AvgIpc) is 2.70. The van der Waals surface area contributed by atoms with E-state index in [2.05, 4.69) is 14.7 Å². The fraction of sp³-hybridized carbons (Fsp3) is 0.200. The van der Waals surface area contributed by atoms with Crippen molar-refractivity contribution >= 4 is 17.0 Å². The molecule has 0 aromatic carbocycles. The zero-order chi connectivity index (χ0) is 10.8. The highest BCUT2D eigenvalue weighted by atomic mass is 16.5. The highest BCUT2D eigenvalue weighted by Gasteiger charge is 2.10. The van der Waals surface area contributed by atoms with E-state index >= 15 is 0 Å². The molecule has 0 atom stereocenters. The summed E-state index contributed by atoms with van der Waals surface area (Å²) in [6, 6.07) is 5.15. The number of nitrogens with zero attached hydrogens (tertiary/aromatic N) is 1. The molecule has 0 aliphatic rings. The first-order chi connectivity index (χ1) is 7.24. The normalized spacial score (nSPS) is 10.3. The minimum Gasteiger partial charge on any atom is -0.481 e. The van der Waals surface area contributed by atoms with Gasteiger partial charge < -0.3 is 14.5 Å². The van der Waals surface area contributed by atoms with Gasteiger partial charge in [0.05, 0.1) is 25.3 Å². The zero-order valence-electron chi connectivity index (χ0n) is 8.40. The van der Waals surface area contributed by atoms with Crippen molar-refractivity contribution in [1.82, 2.24) is 9.97 Å². The van der Waals surface area contributed by atoms with Crippen molar-refractivity contribution < 1.29 is 14.3 Å². The van der Waals surface area contributed by atoms with Crippen LogP contribution in [0.15, 0.2) is 18.2 Å². The van der Waals surface area contributed by atoms with Crippen molar-refractivity contribution in [2.45, 2.75) is 0 Å². The van der Waals surface area contributed by atoms with E-state index in [1.54, 1.807) is 25.3 Å². The standard InChI is InChI=1S/C10H10N2O3/c1-14-9-4-3-6-7(12-9)5-8(11-6)10(13)15-2/h3-5,11H,1-2H3. The Morgan fingerprint density at radius 1 is 1.40 bits per heavy atom. The highest BCUT2D eigenvalue weighted by Crippen LogP contribution is 2.17. The second-order valence-electron chi connectivity index (χ2n) is 2.96. The van der Waals surface area contributed by atoms with Gasteiger partial charge in [0.15, 0.2) is 0 Å². The Bertz CT molecular complexity index is 504.